The van der Waals surface area contributed by atoms with Crippen LogP contribution in [0.15, 0.2) is 0 Å². The van der Waals surface area contributed by atoms with Crippen LogP contribution in [0.1, 0.15) is 40.5 Å². The van der Waals surface area contributed by atoms with Crippen molar-refractivity contribution >= 4 is 8.32 Å². The lowest BCUT2D eigenvalue weighted by molar-refractivity contribution is -0.0898. The molecule has 1 aliphatic carbocycles. The molecular formula is C11H24O2Si. The summed E-state index contributed by atoms with van der Waals surface area (Å²) in [7, 11) is -1.65. The van der Waals surface area contributed by atoms with Gasteiger partial charge in [-0.25, -0.2) is 0 Å². The van der Waals surface area contributed by atoms with E-state index in [4.69, 9.17) is 4.43 Å². The fourth-order valence-electron chi connectivity index (χ4n) is 1.79. The molecule has 3 heteroatoms. The maximum Gasteiger partial charge on any atom is 0.192 e. The van der Waals surface area contributed by atoms with E-state index in [9.17, 15) is 5.11 Å². The highest BCUT2D eigenvalue weighted by Crippen LogP contribution is 2.44. The van der Waals surface area contributed by atoms with E-state index in [1.54, 1.807) is 0 Å². The normalized spacial score (nSPS) is 34.1. The lowest BCUT2D eigenvalue weighted by Gasteiger charge is -2.50. The van der Waals surface area contributed by atoms with Crippen LogP contribution < -0.4 is 0 Å². The zero-order chi connectivity index (χ0) is 11.2. The van der Waals surface area contributed by atoms with E-state index < -0.39 is 8.32 Å². The Balaban J connectivity index is 2.60. The van der Waals surface area contributed by atoms with Crippen molar-refractivity contribution in [1.29, 1.82) is 0 Å². The molecule has 0 atom stereocenters. The predicted molar refractivity (Wildman–Crippen MR) is 61.9 cm³/mol. The van der Waals surface area contributed by atoms with Gasteiger partial charge in [0.05, 0.1) is 11.7 Å². The molecule has 0 radical (unpaired) electrons. The fourth-order valence-corrected chi connectivity index (χ4v) is 3.49. The van der Waals surface area contributed by atoms with E-state index in [2.05, 4.69) is 40.8 Å². The Kier molecular flexibility index (Phi) is 2.90. The molecule has 0 saturated heterocycles. The molecule has 0 aliphatic heterocycles. The summed E-state index contributed by atoms with van der Waals surface area (Å²) in [5, 5.41) is 9.58. The summed E-state index contributed by atoms with van der Waals surface area (Å²) in [6.07, 6.45) is 1.48. The summed E-state index contributed by atoms with van der Waals surface area (Å²) in [5.41, 5.74) is -0.0532. The van der Waals surface area contributed by atoms with Crippen LogP contribution in [0.2, 0.25) is 18.1 Å². The first-order valence-electron chi connectivity index (χ1n) is 5.44. The maximum atomic E-state index is 9.32. The van der Waals surface area contributed by atoms with E-state index >= 15 is 0 Å². The van der Waals surface area contributed by atoms with Crippen molar-refractivity contribution in [2.45, 2.75) is 70.4 Å². The smallest absolute Gasteiger partial charge is 0.192 e. The first kappa shape index (κ1) is 12.2. The molecule has 0 aromatic heterocycles. The van der Waals surface area contributed by atoms with Gasteiger partial charge in [0.2, 0.25) is 0 Å². The van der Waals surface area contributed by atoms with E-state index in [1.165, 1.54) is 0 Å². The minimum atomic E-state index is -1.65. The molecule has 1 N–H and O–H groups in total. The third kappa shape index (κ3) is 2.38. The van der Waals surface area contributed by atoms with Gasteiger partial charge >= 0.3 is 0 Å². The second-order valence-corrected chi connectivity index (χ2v) is 11.1. The Morgan fingerprint density at radius 2 is 1.71 bits per heavy atom. The minimum absolute atomic E-state index is 0.0532. The summed E-state index contributed by atoms with van der Waals surface area (Å²) < 4.78 is 6.28. The monoisotopic (exact) mass is 216 g/mol. The molecule has 1 rings (SSSR count). The fraction of sp³-hybridized carbons (Fsp3) is 1.00. The van der Waals surface area contributed by atoms with Crippen molar-refractivity contribution in [2.75, 3.05) is 0 Å². The lowest BCUT2D eigenvalue weighted by atomic mass is 9.79. The van der Waals surface area contributed by atoms with Gasteiger partial charge in [0.1, 0.15) is 0 Å². The highest BCUT2D eigenvalue weighted by atomic mass is 28.4. The van der Waals surface area contributed by atoms with Crippen LogP contribution >= 0.6 is 0 Å². The van der Waals surface area contributed by atoms with Crippen LogP contribution in [-0.4, -0.2) is 25.1 Å². The van der Waals surface area contributed by atoms with E-state index in [-0.39, 0.29) is 16.7 Å². The Morgan fingerprint density at radius 3 is 2.00 bits per heavy atom. The van der Waals surface area contributed by atoms with Gasteiger partial charge < -0.3 is 9.53 Å². The first-order valence-corrected chi connectivity index (χ1v) is 8.35. The maximum absolute atomic E-state index is 9.32. The molecule has 1 aliphatic rings. The van der Waals surface area contributed by atoms with Crippen LogP contribution in [-0.2, 0) is 4.43 Å². The molecule has 14 heavy (non-hydrogen) atoms. The van der Waals surface area contributed by atoms with Crippen molar-refractivity contribution in [2.24, 2.45) is 0 Å². The molecule has 0 bridgehead atoms. The van der Waals surface area contributed by atoms with Crippen molar-refractivity contribution in [3.63, 3.8) is 0 Å². The molecule has 1 fully saturated rings. The van der Waals surface area contributed by atoms with Gasteiger partial charge in [-0.05, 0) is 25.1 Å². The van der Waals surface area contributed by atoms with E-state index in [0.29, 0.717) is 0 Å². The van der Waals surface area contributed by atoms with Crippen LogP contribution in [0.4, 0.5) is 0 Å². The highest BCUT2D eigenvalue weighted by Gasteiger charge is 2.48. The predicted octanol–water partition coefficient (Wildman–Crippen LogP) is 2.92. The standard InChI is InChI=1S/C11H24O2Si/c1-10(2,3)14(5,6)13-11(4)7-9(12)8-11/h9,12H,7-8H2,1-6H3. The average molecular weight is 216 g/mol. The number of rotatable bonds is 2. The Hall–Kier alpha value is 0.137. The summed E-state index contributed by atoms with van der Waals surface area (Å²) in [6, 6.07) is 0. The average Bonchev–Trinajstić information content (AvgIpc) is 1.78. The van der Waals surface area contributed by atoms with Gasteiger partial charge in [0, 0.05) is 12.8 Å². The molecule has 0 unspecified atom stereocenters. The summed E-state index contributed by atoms with van der Waals surface area (Å²) in [4.78, 5) is 0. The molecule has 2 nitrogen and oxygen atoms in total. The Labute approximate surface area is 88.8 Å². The van der Waals surface area contributed by atoms with Crippen LogP contribution in [0.5, 0.6) is 0 Å². The van der Waals surface area contributed by atoms with Crippen LogP contribution in [0, 0.1) is 0 Å². The number of aliphatic hydroxyl groups is 1. The number of aliphatic hydroxyl groups excluding tert-OH is 1. The van der Waals surface area contributed by atoms with Gasteiger partial charge in [-0.1, -0.05) is 20.8 Å². The quantitative estimate of drug-likeness (QED) is 0.719. The molecule has 0 aromatic rings. The molecule has 0 spiro atoms. The highest BCUT2D eigenvalue weighted by molar-refractivity contribution is 6.74. The summed E-state index contributed by atoms with van der Waals surface area (Å²) >= 11 is 0. The first-order chi connectivity index (χ1) is 6.06. The van der Waals surface area contributed by atoms with Gasteiger partial charge in [-0.2, -0.15) is 0 Å². The van der Waals surface area contributed by atoms with Crippen molar-refractivity contribution in [1.82, 2.24) is 0 Å². The topological polar surface area (TPSA) is 29.5 Å². The zero-order valence-electron chi connectivity index (χ0n) is 10.3. The van der Waals surface area contributed by atoms with Crippen molar-refractivity contribution < 1.29 is 9.53 Å². The Morgan fingerprint density at radius 1 is 1.29 bits per heavy atom. The van der Waals surface area contributed by atoms with Crippen molar-refractivity contribution in [3.05, 3.63) is 0 Å². The molecule has 0 heterocycles. The zero-order valence-corrected chi connectivity index (χ0v) is 11.3. The molecule has 0 amide bonds. The SMILES string of the molecule is CC1(O[Si](C)(C)C(C)(C)C)CC(O)C1. The van der Waals surface area contributed by atoms with Crippen LogP contribution in [0.25, 0.3) is 0 Å². The molecular weight excluding hydrogens is 192 g/mol. The van der Waals surface area contributed by atoms with E-state index in [1.807, 2.05) is 0 Å². The second-order valence-electron chi connectivity index (χ2n) is 6.37. The lowest BCUT2D eigenvalue weighted by Crippen LogP contribution is -2.55. The number of hydrogen-bond donors (Lipinski definition) is 1. The van der Waals surface area contributed by atoms with Crippen LogP contribution in [0.3, 0.4) is 0 Å². The van der Waals surface area contributed by atoms with Gasteiger partial charge in [0.25, 0.3) is 0 Å². The molecule has 1 saturated carbocycles. The summed E-state index contributed by atoms with van der Waals surface area (Å²) in [5.74, 6) is 0. The molecule has 0 aromatic carbocycles. The van der Waals surface area contributed by atoms with Gasteiger partial charge in [-0.15, -0.1) is 0 Å². The molecule has 84 valence electrons. The Bertz CT molecular complexity index is 212. The summed E-state index contributed by atoms with van der Waals surface area (Å²) in [6.45, 7) is 13.4. The van der Waals surface area contributed by atoms with Gasteiger partial charge in [0.15, 0.2) is 8.32 Å². The van der Waals surface area contributed by atoms with Gasteiger partial charge in [-0.3, -0.25) is 0 Å². The van der Waals surface area contributed by atoms with Crippen molar-refractivity contribution in [3.8, 4) is 0 Å². The number of hydrogen-bond acceptors (Lipinski definition) is 2. The second kappa shape index (κ2) is 3.32. The largest absolute Gasteiger partial charge is 0.411 e. The third-order valence-corrected chi connectivity index (χ3v) is 8.26. The van der Waals surface area contributed by atoms with E-state index in [0.717, 1.165) is 12.8 Å². The third-order valence-electron chi connectivity index (χ3n) is 3.64. The minimum Gasteiger partial charge on any atom is -0.411 e.